The van der Waals surface area contributed by atoms with Gasteiger partial charge in [-0.3, -0.25) is 24.3 Å². The smallest absolute Gasteiger partial charge is 0.278 e. The first-order chi connectivity index (χ1) is 20.0. The van der Waals surface area contributed by atoms with Crippen LogP contribution in [-0.2, 0) is 17.1 Å². The monoisotopic (exact) mass is 574 g/mol. The summed E-state index contributed by atoms with van der Waals surface area (Å²) in [6, 6.07) is 14.7. The molecule has 41 heavy (non-hydrogen) atoms. The largest absolute Gasteiger partial charge is 0.482 e. The van der Waals surface area contributed by atoms with Gasteiger partial charge in [-0.2, -0.15) is 0 Å². The number of benzene rings is 2. The lowest BCUT2D eigenvalue weighted by atomic mass is 9.93. The van der Waals surface area contributed by atoms with Crippen LogP contribution in [0.3, 0.4) is 0 Å². The number of carbonyl (C=O) groups is 1. The second-order valence-electron chi connectivity index (χ2n) is 9.94. The Morgan fingerprint density at radius 1 is 1.02 bits per heavy atom. The summed E-state index contributed by atoms with van der Waals surface area (Å²) in [5.74, 6) is -2.01. The van der Waals surface area contributed by atoms with E-state index in [1.807, 2.05) is 29.3 Å². The van der Waals surface area contributed by atoms with E-state index in [-0.39, 0.29) is 41.9 Å². The van der Waals surface area contributed by atoms with E-state index >= 15 is 4.39 Å². The van der Waals surface area contributed by atoms with E-state index in [2.05, 4.69) is 4.98 Å². The minimum absolute atomic E-state index is 0.0603. The van der Waals surface area contributed by atoms with Crippen LogP contribution in [0.1, 0.15) is 38.8 Å². The maximum Gasteiger partial charge on any atom is 0.278 e. The zero-order valence-corrected chi connectivity index (χ0v) is 22.5. The molecule has 2 aromatic carbocycles. The topological polar surface area (TPSA) is 76.9 Å². The van der Waals surface area contributed by atoms with Gasteiger partial charge in [0.1, 0.15) is 12.8 Å². The highest BCUT2D eigenvalue weighted by atomic mass is 32.2. The van der Waals surface area contributed by atoms with E-state index in [0.717, 1.165) is 22.1 Å². The number of carbonyl (C=O) groups excluding carboxylic acids is 1. The van der Waals surface area contributed by atoms with Crippen LogP contribution < -0.4 is 15.2 Å². The normalized spacial score (nSPS) is 19.5. The number of pyridine rings is 2. The Morgan fingerprint density at radius 3 is 2.71 bits per heavy atom. The molecule has 2 atom stereocenters. The Balaban J connectivity index is 1.45. The number of morpholine rings is 1. The minimum atomic E-state index is -0.915. The summed E-state index contributed by atoms with van der Waals surface area (Å²) in [4.78, 5) is 33.8. The van der Waals surface area contributed by atoms with Crippen molar-refractivity contribution in [2.24, 2.45) is 0 Å². The molecule has 0 unspecified atom stereocenters. The Labute approximate surface area is 238 Å². The fourth-order valence-corrected chi connectivity index (χ4v) is 6.86. The number of hydrogen-bond donors (Lipinski definition) is 0. The molecule has 0 spiro atoms. The van der Waals surface area contributed by atoms with Crippen LogP contribution in [0.4, 0.5) is 8.78 Å². The van der Waals surface area contributed by atoms with Crippen LogP contribution >= 0.6 is 11.8 Å². The summed E-state index contributed by atoms with van der Waals surface area (Å²) >= 11 is 1.43. The maximum absolute atomic E-state index is 15.3. The van der Waals surface area contributed by atoms with Crippen molar-refractivity contribution in [1.29, 1.82) is 0 Å². The Bertz CT molecular complexity index is 1720. The van der Waals surface area contributed by atoms with E-state index in [4.69, 9.17) is 9.47 Å². The number of amides is 1. The fourth-order valence-electron chi connectivity index (χ4n) is 5.74. The van der Waals surface area contributed by atoms with E-state index in [9.17, 15) is 14.0 Å². The quantitative estimate of drug-likeness (QED) is 0.361. The van der Waals surface area contributed by atoms with Gasteiger partial charge in [0, 0.05) is 47.4 Å². The van der Waals surface area contributed by atoms with Crippen molar-refractivity contribution in [2.75, 3.05) is 24.8 Å². The molecule has 4 aromatic rings. The van der Waals surface area contributed by atoms with Crippen molar-refractivity contribution in [3.63, 3.8) is 0 Å². The molecule has 3 aliphatic rings. The average Bonchev–Trinajstić information content (AvgIpc) is 3.17. The van der Waals surface area contributed by atoms with Gasteiger partial charge in [0.15, 0.2) is 23.1 Å². The van der Waals surface area contributed by atoms with Crippen molar-refractivity contribution in [3.05, 3.63) is 123 Å². The highest BCUT2D eigenvalue weighted by Crippen LogP contribution is 2.45. The van der Waals surface area contributed by atoms with Crippen molar-refractivity contribution < 1.29 is 23.0 Å². The number of hydrogen-bond acceptors (Lipinski definition) is 7. The van der Waals surface area contributed by atoms with Gasteiger partial charge >= 0.3 is 0 Å². The van der Waals surface area contributed by atoms with E-state index in [0.29, 0.717) is 18.7 Å². The summed E-state index contributed by atoms with van der Waals surface area (Å²) in [5.41, 5.74) is 2.12. The Morgan fingerprint density at radius 2 is 1.85 bits per heavy atom. The molecule has 0 bridgehead atoms. The first-order valence-corrected chi connectivity index (χ1v) is 14.1. The molecule has 3 aliphatic heterocycles. The van der Waals surface area contributed by atoms with Gasteiger partial charge in [-0.1, -0.05) is 24.3 Å². The Hall–Kier alpha value is -4.22. The van der Waals surface area contributed by atoms with E-state index < -0.39 is 29.3 Å². The highest BCUT2D eigenvalue weighted by molar-refractivity contribution is 7.98. The second kappa shape index (κ2) is 10.3. The first-order valence-electron chi connectivity index (χ1n) is 13.2. The summed E-state index contributed by atoms with van der Waals surface area (Å²) < 4.78 is 43.3. The molecule has 11 heteroatoms. The number of thioether (sulfide) groups is 1. The number of aromatic nitrogens is 2. The molecule has 0 radical (unpaired) electrons. The molecular formula is C30H24F2N4O4S. The number of fused-ring (bicyclic) bond motifs is 4. The molecule has 5 heterocycles. The molecule has 208 valence electrons. The first kappa shape index (κ1) is 25.7. The van der Waals surface area contributed by atoms with Gasteiger partial charge in [-0.15, -0.1) is 11.8 Å². The van der Waals surface area contributed by atoms with Crippen molar-refractivity contribution >= 4 is 17.7 Å². The summed E-state index contributed by atoms with van der Waals surface area (Å²) in [6.07, 6.45) is 4.21. The van der Waals surface area contributed by atoms with E-state index in [1.54, 1.807) is 46.4 Å². The zero-order chi connectivity index (χ0) is 28.1. The van der Waals surface area contributed by atoms with Gasteiger partial charge in [-0.25, -0.2) is 8.78 Å². The molecule has 0 N–H and O–H groups in total. The molecule has 8 nitrogen and oxygen atoms in total. The maximum atomic E-state index is 15.3. The molecule has 0 saturated carbocycles. The number of nitrogens with zero attached hydrogens (tertiary/aromatic N) is 4. The highest BCUT2D eigenvalue weighted by Gasteiger charge is 2.46. The molecule has 0 aliphatic carbocycles. The van der Waals surface area contributed by atoms with Crippen LogP contribution in [0.15, 0.2) is 82.9 Å². The number of halogens is 2. The molecule has 1 fully saturated rings. The van der Waals surface area contributed by atoms with Crippen LogP contribution in [0, 0.1) is 11.6 Å². The lowest BCUT2D eigenvalue weighted by Gasteiger charge is -2.51. The number of rotatable bonds is 4. The number of ether oxygens (including phenoxy) is 2. The van der Waals surface area contributed by atoms with Crippen LogP contribution in [0.2, 0.25) is 0 Å². The molecule has 1 amide bonds. The van der Waals surface area contributed by atoms with Crippen molar-refractivity contribution in [2.45, 2.75) is 29.5 Å². The van der Waals surface area contributed by atoms with Gasteiger partial charge < -0.3 is 14.4 Å². The standard InChI is InChI=1S/C30H24F2N4O4S/c31-22-6-5-19-21(26(22)32)17-41-24-4-2-1-3-20(24)27(19)36-25-16-39-14-13-34(25)30(38)28-29(23(37)9-12-35(28)36)40-15-18-7-10-33-11-8-18/h1-12,25,27H,13-17H2/t25-,27+/m1/s1. The third-order valence-corrected chi connectivity index (χ3v) is 8.78. The summed E-state index contributed by atoms with van der Waals surface area (Å²) in [7, 11) is 0. The van der Waals surface area contributed by atoms with Crippen LogP contribution in [-0.4, -0.2) is 46.4 Å². The lowest BCUT2D eigenvalue weighted by molar-refractivity contribution is -0.0199. The van der Waals surface area contributed by atoms with Crippen LogP contribution in [0.25, 0.3) is 0 Å². The third-order valence-electron chi connectivity index (χ3n) is 7.67. The third kappa shape index (κ3) is 4.27. The summed E-state index contributed by atoms with van der Waals surface area (Å²) in [5, 5.41) is 1.93. The Kier molecular flexibility index (Phi) is 6.47. The van der Waals surface area contributed by atoms with Gasteiger partial charge in [0.2, 0.25) is 5.43 Å². The van der Waals surface area contributed by atoms with Gasteiger partial charge in [0.05, 0.1) is 19.3 Å². The second-order valence-corrected chi connectivity index (χ2v) is 11.0. The molecule has 7 rings (SSSR count). The van der Waals surface area contributed by atoms with Crippen LogP contribution in [0.5, 0.6) is 5.75 Å². The van der Waals surface area contributed by atoms with Gasteiger partial charge in [-0.05, 0) is 41.0 Å². The zero-order valence-electron chi connectivity index (χ0n) is 21.7. The van der Waals surface area contributed by atoms with E-state index in [1.165, 1.54) is 17.8 Å². The average molecular weight is 575 g/mol. The van der Waals surface area contributed by atoms with Crippen molar-refractivity contribution in [3.8, 4) is 5.75 Å². The predicted molar refractivity (Wildman–Crippen MR) is 147 cm³/mol. The van der Waals surface area contributed by atoms with Crippen molar-refractivity contribution in [1.82, 2.24) is 14.6 Å². The summed E-state index contributed by atoms with van der Waals surface area (Å²) in [6.45, 7) is 0.870. The predicted octanol–water partition coefficient (Wildman–Crippen LogP) is 4.25. The molecule has 2 aromatic heterocycles. The molecular weight excluding hydrogens is 550 g/mol. The minimum Gasteiger partial charge on any atom is -0.482 e. The molecule has 1 saturated heterocycles. The SMILES string of the molecule is O=C1c2c(OCc3ccncc3)c(=O)ccn2N([C@@H]2c3ccccc3SCc3c2ccc(F)c3F)[C@@H]2COCCN12. The fraction of sp³-hybridized carbons (Fsp3) is 0.233. The van der Waals surface area contributed by atoms with Gasteiger partial charge in [0.25, 0.3) is 5.91 Å². The lowest BCUT2D eigenvalue weighted by Crippen LogP contribution is -2.66.